The lowest BCUT2D eigenvalue weighted by Gasteiger charge is -2.15. The Labute approximate surface area is 311 Å². The molecular formula is C50H30N4. The predicted octanol–water partition coefficient (Wildman–Crippen LogP) is 12.9. The summed E-state index contributed by atoms with van der Waals surface area (Å²) in [5, 5.41) is 13.0. The first-order valence-electron chi connectivity index (χ1n) is 18.2. The largest absolute Gasteiger partial charge is 0.256 e. The normalized spacial score (nSPS) is 11.7. The molecule has 4 heteroatoms. The molecule has 2 aromatic heterocycles. The van der Waals surface area contributed by atoms with Crippen molar-refractivity contribution in [1.82, 2.24) is 19.9 Å². The van der Waals surface area contributed by atoms with Crippen LogP contribution in [-0.2, 0) is 0 Å². The van der Waals surface area contributed by atoms with Crippen LogP contribution in [0.3, 0.4) is 0 Å². The summed E-state index contributed by atoms with van der Waals surface area (Å²) in [6.07, 6.45) is 1.85. The molecule has 0 spiro atoms. The topological polar surface area (TPSA) is 51.6 Å². The molecular weight excluding hydrogens is 657 g/mol. The zero-order valence-corrected chi connectivity index (χ0v) is 29.1. The minimum absolute atomic E-state index is 0.615. The number of hydrogen-bond acceptors (Lipinski definition) is 4. The van der Waals surface area contributed by atoms with Crippen LogP contribution < -0.4 is 0 Å². The number of hydrogen-bond donors (Lipinski definition) is 0. The molecule has 0 fully saturated rings. The number of rotatable bonds is 4. The van der Waals surface area contributed by atoms with Crippen molar-refractivity contribution >= 4 is 64.8 Å². The Hall–Kier alpha value is -7.30. The Morgan fingerprint density at radius 2 is 0.815 bits per heavy atom. The van der Waals surface area contributed by atoms with Gasteiger partial charge in [0.05, 0.1) is 5.52 Å². The molecule has 0 aliphatic heterocycles. The zero-order valence-electron chi connectivity index (χ0n) is 29.1. The molecule has 11 rings (SSSR count). The molecule has 0 aliphatic carbocycles. The molecule has 11 aromatic rings. The van der Waals surface area contributed by atoms with Crippen LogP contribution in [0.4, 0.5) is 0 Å². The van der Waals surface area contributed by atoms with E-state index in [2.05, 4.69) is 152 Å². The SMILES string of the molecule is c1ccc(-c2nc(-c3cccc4c(-c5ccc6c7ccccc7c7ccccc7c6c5)cccc34)nc(-c3cc4ccccc4c4ncccc34)n2)cc1. The number of aromatic nitrogens is 4. The Morgan fingerprint density at radius 3 is 1.56 bits per heavy atom. The molecule has 54 heavy (non-hydrogen) atoms. The molecule has 4 nitrogen and oxygen atoms in total. The minimum atomic E-state index is 0.615. The highest BCUT2D eigenvalue weighted by Gasteiger charge is 2.18. The van der Waals surface area contributed by atoms with E-state index in [0.717, 1.165) is 54.7 Å². The number of benzene rings is 9. The summed E-state index contributed by atoms with van der Waals surface area (Å²) >= 11 is 0. The summed E-state index contributed by atoms with van der Waals surface area (Å²) in [6, 6.07) is 62.2. The van der Waals surface area contributed by atoms with Gasteiger partial charge in [-0.2, -0.15) is 0 Å². The lowest BCUT2D eigenvalue weighted by atomic mass is 9.90. The summed E-state index contributed by atoms with van der Waals surface area (Å²) in [4.78, 5) is 20.4. The van der Waals surface area contributed by atoms with Crippen molar-refractivity contribution < 1.29 is 0 Å². The third kappa shape index (κ3) is 4.78. The summed E-state index contributed by atoms with van der Waals surface area (Å²) in [5.41, 5.74) is 6.08. The molecule has 0 saturated carbocycles. The van der Waals surface area contributed by atoms with Gasteiger partial charge >= 0.3 is 0 Å². The Kier molecular flexibility index (Phi) is 6.82. The van der Waals surface area contributed by atoms with Crippen molar-refractivity contribution in [2.45, 2.75) is 0 Å². The van der Waals surface area contributed by atoms with Crippen LogP contribution in [0.5, 0.6) is 0 Å². The van der Waals surface area contributed by atoms with E-state index in [4.69, 9.17) is 19.9 Å². The van der Waals surface area contributed by atoms with E-state index in [1.807, 2.05) is 30.5 Å². The Morgan fingerprint density at radius 1 is 0.278 bits per heavy atom. The molecule has 0 unspecified atom stereocenters. The van der Waals surface area contributed by atoms with Gasteiger partial charge in [0.2, 0.25) is 0 Å². The molecule has 0 amide bonds. The second kappa shape index (κ2) is 12.1. The lowest BCUT2D eigenvalue weighted by molar-refractivity contribution is 1.08. The van der Waals surface area contributed by atoms with Crippen LogP contribution in [0, 0.1) is 0 Å². The third-order valence-corrected chi connectivity index (χ3v) is 10.7. The van der Waals surface area contributed by atoms with E-state index >= 15 is 0 Å². The molecule has 9 aromatic carbocycles. The second-order valence-corrected chi connectivity index (χ2v) is 13.8. The van der Waals surface area contributed by atoms with Crippen LogP contribution in [0.2, 0.25) is 0 Å². The van der Waals surface area contributed by atoms with Gasteiger partial charge in [-0.15, -0.1) is 0 Å². The van der Waals surface area contributed by atoms with Gasteiger partial charge in [0, 0.05) is 33.7 Å². The molecule has 0 atom stereocenters. The average Bonchev–Trinajstić information content (AvgIpc) is 3.25. The van der Waals surface area contributed by atoms with Gasteiger partial charge in [0.1, 0.15) is 0 Å². The molecule has 250 valence electrons. The second-order valence-electron chi connectivity index (χ2n) is 13.8. The number of nitrogens with zero attached hydrogens (tertiary/aromatic N) is 4. The zero-order chi connectivity index (χ0) is 35.6. The van der Waals surface area contributed by atoms with Crippen molar-refractivity contribution in [3.05, 3.63) is 182 Å². The molecule has 0 aliphatic rings. The van der Waals surface area contributed by atoms with Gasteiger partial charge < -0.3 is 0 Å². The van der Waals surface area contributed by atoms with Crippen LogP contribution >= 0.6 is 0 Å². The van der Waals surface area contributed by atoms with E-state index < -0.39 is 0 Å². The predicted molar refractivity (Wildman–Crippen MR) is 224 cm³/mol. The highest BCUT2D eigenvalue weighted by Crippen LogP contribution is 2.40. The van der Waals surface area contributed by atoms with Crippen LogP contribution in [0.25, 0.3) is 110 Å². The van der Waals surface area contributed by atoms with E-state index in [9.17, 15) is 0 Å². The third-order valence-electron chi connectivity index (χ3n) is 10.7. The maximum absolute atomic E-state index is 5.26. The Bertz CT molecular complexity index is 3240. The van der Waals surface area contributed by atoms with Gasteiger partial charge in [0.25, 0.3) is 0 Å². The van der Waals surface area contributed by atoms with Crippen LogP contribution in [-0.4, -0.2) is 19.9 Å². The fraction of sp³-hybridized carbons (Fsp3) is 0. The van der Waals surface area contributed by atoms with E-state index in [-0.39, 0.29) is 0 Å². The fourth-order valence-electron chi connectivity index (χ4n) is 8.26. The van der Waals surface area contributed by atoms with E-state index in [0.29, 0.717) is 17.5 Å². The lowest BCUT2D eigenvalue weighted by Crippen LogP contribution is -2.01. The molecule has 0 radical (unpaired) electrons. The van der Waals surface area contributed by atoms with Crippen molar-refractivity contribution in [2.75, 3.05) is 0 Å². The first-order chi connectivity index (χ1) is 26.8. The van der Waals surface area contributed by atoms with Crippen LogP contribution in [0.1, 0.15) is 0 Å². The maximum Gasteiger partial charge on any atom is 0.164 e. The first-order valence-corrected chi connectivity index (χ1v) is 18.2. The van der Waals surface area contributed by atoms with E-state index in [1.54, 1.807) is 0 Å². The summed E-state index contributed by atoms with van der Waals surface area (Å²) in [6.45, 7) is 0. The standard InChI is InChI=1S/C50H30N4/c1-2-13-31(14-3-1)48-52-49(54-50(53-48)46-30-32-15-4-5-16-35(32)47-43(46)25-12-28-51-47)44-24-11-22-36-34(21-10-23-40(36)44)33-26-27-42-39-19-7-6-17-37(39)38-18-8-9-20-41(38)45(42)29-33/h1-30H. The average molecular weight is 687 g/mol. The summed E-state index contributed by atoms with van der Waals surface area (Å²) in [7, 11) is 0. The summed E-state index contributed by atoms with van der Waals surface area (Å²) in [5.74, 6) is 1.87. The van der Waals surface area contributed by atoms with Crippen molar-refractivity contribution in [3.63, 3.8) is 0 Å². The number of fused-ring (bicyclic) bond motifs is 10. The molecule has 0 N–H and O–H groups in total. The van der Waals surface area contributed by atoms with Crippen molar-refractivity contribution in [2.24, 2.45) is 0 Å². The van der Waals surface area contributed by atoms with Gasteiger partial charge in [-0.1, -0.05) is 158 Å². The highest BCUT2D eigenvalue weighted by atomic mass is 15.0. The summed E-state index contributed by atoms with van der Waals surface area (Å²) < 4.78 is 0. The Balaban J connectivity index is 1.14. The van der Waals surface area contributed by atoms with Gasteiger partial charge in [-0.3, -0.25) is 4.98 Å². The molecule has 0 bridgehead atoms. The van der Waals surface area contributed by atoms with Gasteiger partial charge in [0.15, 0.2) is 17.5 Å². The van der Waals surface area contributed by atoms with E-state index in [1.165, 1.54) is 37.9 Å². The smallest absolute Gasteiger partial charge is 0.164 e. The molecule has 0 saturated heterocycles. The van der Waals surface area contributed by atoms with Crippen LogP contribution in [0.15, 0.2) is 182 Å². The highest BCUT2D eigenvalue weighted by molar-refractivity contribution is 6.26. The van der Waals surface area contributed by atoms with Crippen molar-refractivity contribution in [3.8, 4) is 45.3 Å². The molecule has 2 heterocycles. The fourth-order valence-corrected chi connectivity index (χ4v) is 8.26. The van der Waals surface area contributed by atoms with Gasteiger partial charge in [-0.05, 0) is 77.8 Å². The maximum atomic E-state index is 5.26. The van der Waals surface area contributed by atoms with Gasteiger partial charge in [-0.25, -0.2) is 15.0 Å². The minimum Gasteiger partial charge on any atom is -0.256 e. The van der Waals surface area contributed by atoms with Crippen molar-refractivity contribution in [1.29, 1.82) is 0 Å². The first kappa shape index (κ1) is 30.3. The number of pyridine rings is 1. The monoisotopic (exact) mass is 686 g/mol. The quantitative estimate of drug-likeness (QED) is 0.173.